The highest BCUT2D eigenvalue weighted by Crippen LogP contribution is 1.95. The molecule has 0 bridgehead atoms. The first-order valence-corrected chi connectivity index (χ1v) is 2.51. The maximum atomic E-state index is 9.93. The molecule has 0 radical (unpaired) electrons. The lowest BCUT2D eigenvalue weighted by atomic mass is 10.3. The number of halogens is 1. The van der Waals surface area contributed by atoms with Crippen molar-refractivity contribution in [1.82, 2.24) is 0 Å². The van der Waals surface area contributed by atoms with E-state index in [0.717, 1.165) is 0 Å². The highest BCUT2D eigenvalue weighted by atomic mass is 35.5. The second-order valence-electron chi connectivity index (χ2n) is 1.42. The minimum atomic E-state index is -1.58. The fourth-order valence-corrected chi connectivity index (χ4v) is 0.323. The highest BCUT2D eigenvalue weighted by Gasteiger charge is 2.15. The molecule has 0 rings (SSSR count). The van der Waals surface area contributed by atoms with Crippen LogP contribution in [0.1, 0.15) is 6.42 Å². The average molecular weight is 153 g/mol. The zero-order chi connectivity index (χ0) is 7.44. The normalized spacial score (nSPS) is 12.7. The largest absolute Gasteiger partial charge is 0.481 e. The van der Waals surface area contributed by atoms with Gasteiger partial charge in [-0.15, -0.1) is 0 Å². The Balaban J connectivity index is 3.63. The monoisotopic (exact) mass is 152 g/mol. The van der Waals surface area contributed by atoms with E-state index in [4.69, 9.17) is 21.8 Å². The van der Waals surface area contributed by atoms with Crippen LogP contribution in [0.3, 0.4) is 0 Å². The van der Waals surface area contributed by atoms with Crippen molar-refractivity contribution in [2.24, 2.45) is 0 Å². The van der Waals surface area contributed by atoms with Crippen molar-refractivity contribution < 1.29 is 19.8 Å². The van der Waals surface area contributed by atoms with Crippen LogP contribution >= 0.6 is 11.6 Å². The van der Waals surface area contributed by atoms with Gasteiger partial charge in [-0.25, -0.2) is 0 Å². The minimum Gasteiger partial charge on any atom is -0.481 e. The number of aliphatic hydroxyl groups is 1. The number of carboxylic acids is 1. The summed E-state index contributed by atoms with van der Waals surface area (Å²) in [7, 11) is 0. The van der Waals surface area contributed by atoms with Crippen LogP contribution < -0.4 is 0 Å². The summed E-state index contributed by atoms with van der Waals surface area (Å²) in [5.74, 6) is -1.25. The van der Waals surface area contributed by atoms with E-state index in [-0.39, 0.29) is 0 Å². The summed E-state index contributed by atoms with van der Waals surface area (Å²) in [4.78, 5) is 19.7. The molecule has 52 valence electrons. The van der Waals surface area contributed by atoms with Crippen molar-refractivity contribution in [3.05, 3.63) is 0 Å². The van der Waals surface area contributed by atoms with Gasteiger partial charge in [-0.3, -0.25) is 9.59 Å². The molecule has 0 aliphatic heterocycles. The molecule has 0 aromatic rings. The first-order chi connectivity index (χ1) is 4.04. The fraction of sp³-hybridized carbons (Fsp3) is 0.500. The van der Waals surface area contributed by atoms with E-state index in [1.54, 1.807) is 0 Å². The smallest absolute Gasteiger partial charge is 0.306 e. The van der Waals surface area contributed by atoms with Crippen molar-refractivity contribution in [3.63, 3.8) is 0 Å². The molecule has 0 aromatic carbocycles. The van der Waals surface area contributed by atoms with Gasteiger partial charge in [0, 0.05) is 0 Å². The first-order valence-electron chi connectivity index (χ1n) is 2.13. The molecule has 0 saturated carbocycles. The van der Waals surface area contributed by atoms with E-state index in [1.165, 1.54) is 0 Å². The Labute approximate surface area is 56.0 Å². The molecule has 0 aromatic heterocycles. The molecular weight excluding hydrogens is 147 g/mol. The predicted octanol–water partition coefficient (Wildman–Crippen LogP) is -0.413. The summed E-state index contributed by atoms with van der Waals surface area (Å²) in [5, 5.41) is 15.4. The summed E-state index contributed by atoms with van der Waals surface area (Å²) < 4.78 is 0. The Morgan fingerprint density at radius 1 is 1.56 bits per heavy atom. The second kappa shape index (κ2) is 3.42. The van der Waals surface area contributed by atoms with Crippen LogP contribution in [0.5, 0.6) is 0 Å². The molecule has 0 amide bonds. The Morgan fingerprint density at radius 2 is 2.00 bits per heavy atom. The van der Waals surface area contributed by atoms with E-state index >= 15 is 0 Å². The summed E-state index contributed by atoms with van der Waals surface area (Å²) in [6, 6.07) is 0. The van der Waals surface area contributed by atoms with E-state index < -0.39 is 23.7 Å². The van der Waals surface area contributed by atoms with Gasteiger partial charge in [0.15, 0.2) is 0 Å². The number of hydrogen-bond donors (Lipinski definition) is 2. The average Bonchev–Trinajstić information content (AvgIpc) is 1.63. The zero-order valence-corrected chi connectivity index (χ0v) is 5.13. The van der Waals surface area contributed by atoms with E-state index in [2.05, 4.69) is 0 Å². The Hall–Kier alpha value is -0.610. The number of aliphatic hydroxyl groups excluding tert-OH is 1. The number of hydrogen-bond acceptors (Lipinski definition) is 3. The molecule has 0 aliphatic rings. The Kier molecular flexibility index (Phi) is 3.19. The Bertz CT molecular complexity index is 133. The molecule has 0 spiro atoms. The lowest BCUT2D eigenvalue weighted by Crippen LogP contribution is -2.18. The van der Waals surface area contributed by atoms with Gasteiger partial charge in [-0.05, 0) is 11.6 Å². The van der Waals surface area contributed by atoms with Crippen LogP contribution in [0.25, 0.3) is 0 Å². The van der Waals surface area contributed by atoms with Gasteiger partial charge in [-0.1, -0.05) is 0 Å². The van der Waals surface area contributed by atoms with Crippen LogP contribution in [-0.2, 0) is 9.59 Å². The van der Waals surface area contributed by atoms with E-state index in [9.17, 15) is 9.59 Å². The van der Waals surface area contributed by atoms with Crippen molar-refractivity contribution >= 4 is 22.8 Å². The maximum absolute atomic E-state index is 9.93. The first kappa shape index (κ1) is 8.39. The third-order valence-corrected chi connectivity index (χ3v) is 0.882. The zero-order valence-electron chi connectivity index (χ0n) is 4.37. The molecule has 0 fully saturated rings. The number of carbonyl (C=O) groups excluding carboxylic acids is 1. The van der Waals surface area contributed by atoms with Crippen molar-refractivity contribution in [2.45, 2.75) is 12.5 Å². The predicted molar refractivity (Wildman–Crippen MR) is 29.1 cm³/mol. The highest BCUT2D eigenvalue weighted by molar-refractivity contribution is 6.64. The molecule has 0 saturated heterocycles. The lowest BCUT2D eigenvalue weighted by Gasteiger charge is -1.97. The van der Waals surface area contributed by atoms with Gasteiger partial charge < -0.3 is 10.2 Å². The summed E-state index contributed by atoms with van der Waals surface area (Å²) in [6.07, 6.45) is -2.22. The number of carboxylic acid groups (broad SMARTS) is 1. The molecule has 4 nitrogen and oxygen atoms in total. The quantitative estimate of drug-likeness (QED) is 0.539. The molecule has 0 heterocycles. The summed E-state index contributed by atoms with van der Waals surface area (Å²) >= 11 is 4.72. The molecule has 5 heteroatoms. The van der Waals surface area contributed by atoms with Crippen LogP contribution in [0.15, 0.2) is 0 Å². The van der Waals surface area contributed by atoms with Gasteiger partial charge in [0.2, 0.25) is 0 Å². The maximum Gasteiger partial charge on any atom is 0.306 e. The molecule has 2 N–H and O–H groups in total. The van der Waals surface area contributed by atoms with Gasteiger partial charge in [0.1, 0.15) is 6.10 Å². The van der Waals surface area contributed by atoms with Crippen LogP contribution in [-0.4, -0.2) is 27.5 Å². The van der Waals surface area contributed by atoms with Crippen LogP contribution in [0, 0.1) is 0 Å². The minimum absolute atomic E-state index is 0.637. The van der Waals surface area contributed by atoms with E-state index in [0.29, 0.717) is 0 Å². The SMILES string of the molecule is O=C(O)CC(O)C(=O)Cl. The van der Waals surface area contributed by atoms with E-state index in [1.807, 2.05) is 0 Å². The van der Waals surface area contributed by atoms with Crippen LogP contribution in [0.4, 0.5) is 0 Å². The van der Waals surface area contributed by atoms with Crippen LogP contribution in [0.2, 0.25) is 0 Å². The standard InChI is InChI=1S/C4H5ClO4/c5-4(9)2(6)1-3(7)8/h2,6H,1H2,(H,7,8). The lowest BCUT2D eigenvalue weighted by molar-refractivity contribution is -0.141. The van der Waals surface area contributed by atoms with Crippen molar-refractivity contribution in [3.8, 4) is 0 Å². The number of carbonyl (C=O) groups is 2. The molecule has 0 aliphatic carbocycles. The number of rotatable bonds is 3. The summed E-state index contributed by atoms with van der Waals surface area (Å²) in [5.41, 5.74) is 0. The van der Waals surface area contributed by atoms with Gasteiger partial charge in [-0.2, -0.15) is 0 Å². The summed E-state index contributed by atoms with van der Waals surface area (Å²) in [6.45, 7) is 0. The molecule has 1 atom stereocenters. The molecule has 1 unspecified atom stereocenters. The Morgan fingerprint density at radius 3 is 2.11 bits per heavy atom. The van der Waals surface area contributed by atoms with Gasteiger partial charge >= 0.3 is 5.97 Å². The molecular formula is C4H5ClO4. The van der Waals surface area contributed by atoms with Gasteiger partial charge in [0.05, 0.1) is 6.42 Å². The fourth-order valence-electron chi connectivity index (χ4n) is 0.246. The molecule has 9 heavy (non-hydrogen) atoms. The number of aliphatic carboxylic acids is 1. The van der Waals surface area contributed by atoms with Crippen molar-refractivity contribution in [1.29, 1.82) is 0 Å². The third kappa shape index (κ3) is 3.93. The van der Waals surface area contributed by atoms with Crippen molar-refractivity contribution in [2.75, 3.05) is 0 Å². The van der Waals surface area contributed by atoms with Gasteiger partial charge in [0.25, 0.3) is 5.24 Å². The second-order valence-corrected chi connectivity index (χ2v) is 1.79. The third-order valence-electron chi connectivity index (χ3n) is 0.630. The topological polar surface area (TPSA) is 74.6 Å².